The van der Waals surface area contributed by atoms with Gasteiger partial charge in [-0.05, 0) is 28.8 Å². The van der Waals surface area contributed by atoms with Crippen molar-refractivity contribution in [3.63, 3.8) is 0 Å². The number of ether oxygens (including phenoxy) is 1. The maximum absolute atomic E-state index is 10.8. The summed E-state index contributed by atoms with van der Waals surface area (Å²) in [5, 5.41) is 4.14. The Morgan fingerprint density at radius 3 is 2.92 bits per heavy atom. The Morgan fingerprint density at radius 2 is 2.38 bits per heavy atom. The van der Waals surface area contributed by atoms with Gasteiger partial charge in [-0.3, -0.25) is 4.79 Å². The molecule has 0 N–H and O–H groups in total. The number of rotatable bonds is 3. The van der Waals surface area contributed by atoms with Gasteiger partial charge in [0.1, 0.15) is 0 Å². The molecule has 0 saturated heterocycles. The summed E-state index contributed by atoms with van der Waals surface area (Å²) < 4.78 is 4.51. The van der Waals surface area contributed by atoms with E-state index < -0.39 is 0 Å². The van der Waals surface area contributed by atoms with Gasteiger partial charge in [0.25, 0.3) is 0 Å². The van der Waals surface area contributed by atoms with E-state index in [-0.39, 0.29) is 5.97 Å². The molecule has 0 fully saturated rings. The van der Waals surface area contributed by atoms with Crippen molar-refractivity contribution in [3.8, 4) is 0 Å². The summed E-state index contributed by atoms with van der Waals surface area (Å²) in [7, 11) is 1.39. The van der Waals surface area contributed by atoms with Crippen molar-refractivity contribution in [2.24, 2.45) is 0 Å². The molecule has 1 rings (SSSR count). The summed E-state index contributed by atoms with van der Waals surface area (Å²) in [6.07, 6.45) is 4.11. The minimum absolute atomic E-state index is 0.205. The molecule has 1 aromatic heterocycles. The first kappa shape index (κ1) is 9.99. The Balaban J connectivity index is 2.50. The summed E-state index contributed by atoms with van der Waals surface area (Å²) >= 11 is 1.66. The van der Waals surface area contributed by atoms with Gasteiger partial charge in [-0.25, -0.2) is 0 Å². The predicted octanol–water partition coefficient (Wildman–Crippen LogP) is 2.63. The van der Waals surface area contributed by atoms with Crippen LogP contribution in [-0.4, -0.2) is 13.1 Å². The van der Waals surface area contributed by atoms with Crippen LogP contribution in [-0.2, 0) is 9.53 Å². The lowest BCUT2D eigenvalue weighted by molar-refractivity contribution is -0.139. The topological polar surface area (TPSA) is 26.3 Å². The molecule has 0 aromatic carbocycles. The maximum Gasteiger partial charge on any atom is 0.309 e. The first-order valence-corrected chi connectivity index (χ1v) is 4.94. The number of thiophene rings is 1. The van der Waals surface area contributed by atoms with Crippen LogP contribution in [0.5, 0.6) is 0 Å². The molecule has 13 heavy (non-hydrogen) atoms. The van der Waals surface area contributed by atoms with Crippen molar-refractivity contribution in [3.05, 3.63) is 28.0 Å². The Morgan fingerprint density at radius 1 is 1.62 bits per heavy atom. The number of hydrogen-bond acceptors (Lipinski definition) is 3. The lowest BCUT2D eigenvalue weighted by atomic mass is 10.2. The smallest absolute Gasteiger partial charge is 0.309 e. The largest absolute Gasteiger partial charge is 0.469 e. The predicted molar refractivity (Wildman–Crippen MR) is 54.7 cm³/mol. The fraction of sp³-hybridized carbons (Fsp3) is 0.300. The van der Waals surface area contributed by atoms with E-state index in [1.165, 1.54) is 18.2 Å². The first-order valence-electron chi connectivity index (χ1n) is 4.00. The zero-order valence-electron chi connectivity index (χ0n) is 7.74. The molecular weight excluding hydrogens is 184 g/mol. The van der Waals surface area contributed by atoms with Gasteiger partial charge < -0.3 is 4.74 Å². The molecule has 0 unspecified atom stereocenters. The van der Waals surface area contributed by atoms with Gasteiger partial charge in [-0.2, -0.15) is 11.3 Å². The third-order valence-electron chi connectivity index (χ3n) is 1.70. The van der Waals surface area contributed by atoms with E-state index in [0.717, 1.165) is 0 Å². The minimum Gasteiger partial charge on any atom is -0.469 e. The molecular formula is C10H12O2S. The summed E-state index contributed by atoms with van der Waals surface area (Å²) in [6.45, 7) is 2.05. The number of esters is 1. The van der Waals surface area contributed by atoms with Crippen molar-refractivity contribution in [1.29, 1.82) is 0 Å². The molecule has 0 saturated carbocycles. The zero-order valence-corrected chi connectivity index (χ0v) is 8.56. The second kappa shape index (κ2) is 4.82. The van der Waals surface area contributed by atoms with E-state index in [1.807, 2.05) is 19.1 Å². The van der Waals surface area contributed by atoms with Crippen molar-refractivity contribution >= 4 is 23.4 Å². The third-order valence-corrected chi connectivity index (χ3v) is 2.58. The Bertz CT molecular complexity index is 312. The molecule has 2 nitrogen and oxygen atoms in total. The number of hydrogen-bond donors (Lipinski definition) is 0. The van der Waals surface area contributed by atoms with Crippen molar-refractivity contribution in [1.82, 2.24) is 0 Å². The number of aryl methyl sites for hydroxylation is 1. The van der Waals surface area contributed by atoms with Gasteiger partial charge in [-0.1, -0.05) is 12.2 Å². The van der Waals surface area contributed by atoms with Crippen LogP contribution < -0.4 is 0 Å². The van der Waals surface area contributed by atoms with E-state index in [9.17, 15) is 4.79 Å². The first-order chi connectivity index (χ1) is 6.24. The molecule has 0 aliphatic rings. The van der Waals surface area contributed by atoms with Crippen LogP contribution in [0.4, 0.5) is 0 Å². The van der Waals surface area contributed by atoms with Gasteiger partial charge in [0.05, 0.1) is 13.5 Å². The SMILES string of the molecule is COC(=O)CC=Cc1cscc1C. The van der Waals surface area contributed by atoms with Crippen LogP contribution in [0.15, 0.2) is 16.8 Å². The third kappa shape index (κ3) is 3.03. The number of methoxy groups -OCH3 is 1. The molecule has 3 heteroatoms. The fourth-order valence-electron chi connectivity index (χ4n) is 0.907. The van der Waals surface area contributed by atoms with Crippen molar-refractivity contribution in [2.45, 2.75) is 13.3 Å². The van der Waals surface area contributed by atoms with Crippen LogP contribution in [0, 0.1) is 6.92 Å². The molecule has 0 bridgehead atoms. The summed E-state index contributed by atoms with van der Waals surface area (Å²) in [4.78, 5) is 10.8. The molecule has 0 radical (unpaired) electrons. The molecule has 0 aliphatic heterocycles. The highest BCUT2D eigenvalue weighted by atomic mass is 32.1. The van der Waals surface area contributed by atoms with E-state index >= 15 is 0 Å². The minimum atomic E-state index is -0.205. The van der Waals surface area contributed by atoms with Crippen molar-refractivity contribution < 1.29 is 9.53 Å². The van der Waals surface area contributed by atoms with Gasteiger partial charge in [0, 0.05) is 0 Å². The van der Waals surface area contributed by atoms with E-state index in [2.05, 4.69) is 15.5 Å². The van der Waals surface area contributed by atoms with E-state index in [1.54, 1.807) is 11.3 Å². The highest BCUT2D eigenvalue weighted by molar-refractivity contribution is 7.08. The molecule has 70 valence electrons. The maximum atomic E-state index is 10.8. The van der Waals surface area contributed by atoms with Gasteiger partial charge in [-0.15, -0.1) is 0 Å². The quantitative estimate of drug-likeness (QED) is 0.695. The van der Waals surface area contributed by atoms with Crippen LogP contribution in [0.25, 0.3) is 6.08 Å². The molecule has 1 aromatic rings. The molecule has 0 amide bonds. The number of carbonyl (C=O) groups excluding carboxylic acids is 1. The average molecular weight is 196 g/mol. The molecule has 0 spiro atoms. The highest BCUT2D eigenvalue weighted by Gasteiger charge is 1.96. The van der Waals surface area contributed by atoms with Gasteiger partial charge in [0.15, 0.2) is 0 Å². The Kier molecular flexibility index (Phi) is 3.71. The Labute approximate surface area is 81.8 Å². The van der Waals surface area contributed by atoms with Crippen LogP contribution in [0.2, 0.25) is 0 Å². The Hall–Kier alpha value is -1.09. The van der Waals surface area contributed by atoms with Crippen LogP contribution in [0.3, 0.4) is 0 Å². The van der Waals surface area contributed by atoms with Gasteiger partial charge >= 0.3 is 5.97 Å². The van der Waals surface area contributed by atoms with E-state index in [0.29, 0.717) is 6.42 Å². The van der Waals surface area contributed by atoms with E-state index in [4.69, 9.17) is 0 Å². The number of carbonyl (C=O) groups is 1. The molecule has 0 aliphatic carbocycles. The lowest BCUT2D eigenvalue weighted by Crippen LogP contribution is -1.96. The van der Waals surface area contributed by atoms with Crippen LogP contribution in [0.1, 0.15) is 17.5 Å². The molecule has 1 heterocycles. The van der Waals surface area contributed by atoms with Crippen molar-refractivity contribution in [2.75, 3.05) is 7.11 Å². The summed E-state index contributed by atoms with van der Waals surface area (Å²) in [6, 6.07) is 0. The standard InChI is InChI=1S/C10H12O2S/c1-8-6-13-7-9(8)4-3-5-10(11)12-2/h3-4,6-7H,5H2,1-2H3. The average Bonchev–Trinajstić information content (AvgIpc) is 2.52. The molecule has 0 atom stereocenters. The normalized spacial score (nSPS) is 10.6. The second-order valence-electron chi connectivity index (χ2n) is 2.69. The second-order valence-corrected chi connectivity index (χ2v) is 3.44. The zero-order chi connectivity index (χ0) is 9.68. The monoisotopic (exact) mass is 196 g/mol. The fourth-order valence-corrected chi connectivity index (χ4v) is 1.73. The summed E-state index contributed by atoms with van der Waals surface area (Å²) in [5.74, 6) is -0.205. The van der Waals surface area contributed by atoms with Crippen LogP contribution >= 0.6 is 11.3 Å². The highest BCUT2D eigenvalue weighted by Crippen LogP contribution is 2.15. The summed E-state index contributed by atoms with van der Waals surface area (Å²) in [5.41, 5.74) is 2.42. The lowest BCUT2D eigenvalue weighted by Gasteiger charge is -1.92. The van der Waals surface area contributed by atoms with Gasteiger partial charge in [0.2, 0.25) is 0 Å².